The van der Waals surface area contributed by atoms with Crippen LogP contribution in [-0.4, -0.2) is 35.1 Å². The minimum atomic E-state index is -0.482. The number of ether oxygens (including phenoxy) is 1. The van der Waals surface area contributed by atoms with Crippen LogP contribution in [0.2, 0.25) is 0 Å². The second-order valence-corrected chi connectivity index (χ2v) is 4.18. The van der Waals surface area contributed by atoms with Crippen molar-refractivity contribution in [1.82, 2.24) is 35.1 Å². The molecule has 0 amide bonds. The van der Waals surface area contributed by atoms with E-state index in [0.29, 0.717) is 5.19 Å². The number of aryl methyl sites for hydroxylation is 1. The number of rotatable bonds is 4. The Bertz CT molecular complexity index is 790. The molecule has 0 radical (unpaired) electrons. The first-order valence-corrected chi connectivity index (χ1v) is 5.89. The fourth-order valence-corrected chi connectivity index (χ4v) is 1.72. The highest BCUT2D eigenvalue weighted by molar-refractivity contribution is 7.11. The summed E-state index contributed by atoms with van der Waals surface area (Å²) < 4.78 is 19.2. The van der Waals surface area contributed by atoms with Crippen LogP contribution in [0, 0.1) is 0 Å². The second-order valence-electron chi connectivity index (χ2n) is 3.36. The topological polar surface area (TPSA) is 114 Å². The monoisotopic (exact) mass is 283 g/mol. The number of tetrazole rings is 1. The predicted molar refractivity (Wildman–Crippen MR) is 60.9 cm³/mol. The molecular weight excluding hydrogens is 274 g/mol. The van der Waals surface area contributed by atoms with Crippen LogP contribution in [0.25, 0.3) is 5.82 Å². The fraction of sp³-hybridized carbons (Fsp3) is 0.250. The molecule has 0 N–H and O–H groups in total. The Balaban J connectivity index is 1.83. The van der Waals surface area contributed by atoms with Gasteiger partial charge in [0, 0.05) is 18.6 Å². The summed E-state index contributed by atoms with van der Waals surface area (Å²) >= 11 is 1.18. The molecule has 0 spiro atoms. The molecule has 3 rings (SSSR count). The summed E-state index contributed by atoms with van der Waals surface area (Å²) in [4.78, 5) is 15.5. The van der Waals surface area contributed by atoms with Gasteiger partial charge < -0.3 is 4.74 Å². The minimum Gasteiger partial charge on any atom is -0.463 e. The van der Waals surface area contributed by atoms with Gasteiger partial charge in [0.2, 0.25) is 5.82 Å². The zero-order valence-corrected chi connectivity index (χ0v) is 10.4. The normalized spacial score (nSPS) is 11.5. The van der Waals surface area contributed by atoms with E-state index in [1.54, 1.807) is 0 Å². The van der Waals surface area contributed by atoms with Gasteiger partial charge in [-0.05, 0) is 20.7 Å². The Kier molecular flexibility index (Phi) is 2.51. The lowest BCUT2D eigenvalue weighted by molar-refractivity contribution is 0.269. The third-order valence-electron chi connectivity index (χ3n) is 2.16. The van der Waals surface area contributed by atoms with E-state index in [1.807, 2.05) is 0 Å². The molecule has 10 nitrogen and oxygen atoms in total. The molecular formula is C8H7N7O3S. The van der Waals surface area contributed by atoms with Gasteiger partial charge in [0.1, 0.15) is 6.61 Å². The van der Waals surface area contributed by atoms with Crippen LogP contribution >= 0.6 is 11.3 Å². The lowest BCUT2D eigenvalue weighted by Gasteiger charge is -1.98. The predicted octanol–water partition coefficient (Wildman–Crippen LogP) is -0.616. The van der Waals surface area contributed by atoms with E-state index in [2.05, 4.69) is 30.4 Å². The number of aromatic nitrogens is 7. The molecule has 0 unspecified atom stereocenters. The molecule has 0 aromatic carbocycles. The molecule has 0 saturated carbocycles. The molecule has 11 heteroatoms. The average molecular weight is 283 g/mol. The quantitative estimate of drug-likeness (QED) is 0.622. The lowest BCUT2D eigenvalue weighted by Crippen LogP contribution is -2.23. The van der Waals surface area contributed by atoms with Crippen LogP contribution in [0.5, 0.6) is 5.19 Å². The summed E-state index contributed by atoms with van der Waals surface area (Å²) in [5, 5.41) is 16.3. The zero-order valence-electron chi connectivity index (χ0n) is 10.5. The minimum absolute atomic E-state index is 0.0190. The molecule has 3 aromatic heterocycles. The molecule has 0 fully saturated rings. The Morgan fingerprint density at radius 3 is 3.11 bits per heavy atom. The van der Waals surface area contributed by atoms with E-state index < -0.39 is 5.69 Å². The van der Waals surface area contributed by atoms with Crippen molar-refractivity contribution in [2.45, 2.75) is 6.61 Å². The molecule has 3 aromatic rings. The summed E-state index contributed by atoms with van der Waals surface area (Å²) in [5.74, 6) is 0.103. The Morgan fingerprint density at radius 2 is 2.42 bits per heavy atom. The van der Waals surface area contributed by atoms with Crippen molar-refractivity contribution in [3.63, 3.8) is 0 Å². The molecule has 0 atom stereocenters. The van der Waals surface area contributed by atoms with Gasteiger partial charge in [-0.15, -0.1) is 4.68 Å². The van der Waals surface area contributed by atoms with E-state index in [0.717, 1.165) is 9.36 Å². The highest BCUT2D eigenvalue weighted by atomic mass is 32.1. The third kappa shape index (κ3) is 2.10. The maximum absolute atomic E-state index is 11.7. The standard InChI is InChI=1S/C8H7N7O3S/c1-14-8(16)15(13-12-14)6-5(10-18-11-6)4-17-7-9-2-3-19-7/h2-3H,4H2,1H3/i2T. The molecule has 0 aliphatic carbocycles. The summed E-state index contributed by atoms with van der Waals surface area (Å²) in [7, 11) is 1.46. The molecule has 0 bridgehead atoms. The lowest BCUT2D eigenvalue weighted by atomic mass is 10.4. The summed E-state index contributed by atoms with van der Waals surface area (Å²) in [6, 6.07) is 0. The Labute approximate surface area is 110 Å². The van der Waals surface area contributed by atoms with Gasteiger partial charge in [0.15, 0.2) is 5.69 Å². The summed E-state index contributed by atoms with van der Waals surface area (Å²) in [6.07, 6.45) is 0.119. The number of nitrogens with zero attached hydrogens (tertiary/aromatic N) is 7. The van der Waals surface area contributed by atoms with E-state index in [-0.39, 0.29) is 24.3 Å². The van der Waals surface area contributed by atoms with Gasteiger partial charge in [-0.3, -0.25) is 0 Å². The number of hydrogen-bond acceptors (Lipinski definition) is 9. The Morgan fingerprint density at radius 1 is 1.53 bits per heavy atom. The van der Waals surface area contributed by atoms with Crippen LogP contribution in [0.3, 0.4) is 0 Å². The second kappa shape index (κ2) is 4.61. The highest BCUT2D eigenvalue weighted by Crippen LogP contribution is 2.16. The molecule has 19 heavy (non-hydrogen) atoms. The smallest absolute Gasteiger partial charge is 0.369 e. The number of hydrogen-bond donors (Lipinski definition) is 0. The average Bonchev–Trinajstić information content (AvgIpc) is 3.11. The van der Waals surface area contributed by atoms with Gasteiger partial charge in [-0.2, -0.15) is 4.68 Å². The summed E-state index contributed by atoms with van der Waals surface area (Å²) in [5.41, 5.74) is -0.209. The molecule has 3 heterocycles. The van der Waals surface area contributed by atoms with E-state index >= 15 is 0 Å². The van der Waals surface area contributed by atoms with E-state index in [4.69, 9.17) is 6.11 Å². The van der Waals surface area contributed by atoms with Crippen LogP contribution in [-0.2, 0) is 13.7 Å². The first kappa shape index (κ1) is 10.4. The maximum Gasteiger partial charge on any atom is 0.369 e. The Hall–Kier alpha value is -2.56. The van der Waals surface area contributed by atoms with Crippen molar-refractivity contribution in [1.29, 1.82) is 0 Å². The number of thiazole rings is 1. The van der Waals surface area contributed by atoms with Gasteiger partial charge in [-0.1, -0.05) is 11.3 Å². The van der Waals surface area contributed by atoms with Crippen LogP contribution in [0.4, 0.5) is 0 Å². The van der Waals surface area contributed by atoms with Gasteiger partial charge in [0.05, 0.1) is 1.37 Å². The van der Waals surface area contributed by atoms with Gasteiger partial charge >= 0.3 is 5.69 Å². The molecule has 98 valence electrons. The SMILES string of the molecule is [3H]c1csc(OCc2nonc2-n2nnn(C)c2=O)n1. The van der Waals surface area contributed by atoms with Gasteiger partial charge in [0.25, 0.3) is 5.19 Å². The maximum atomic E-state index is 11.7. The largest absolute Gasteiger partial charge is 0.463 e. The van der Waals surface area contributed by atoms with E-state index in [1.165, 1.54) is 23.8 Å². The van der Waals surface area contributed by atoms with Crippen molar-refractivity contribution in [3.8, 4) is 11.0 Å². The highest BCUT2D eigenvalue weighted by Gasteiger charge is 2.17. The van der Waals surface area contributed by atoms with Crippen LogP contribution in [0.1, 0.15) is 7.06 Å². The van der Waals surface area contributed by atoms with Gasteiger partial charge in [-0.25, -0.2) is 14.4 Å². The van der Waals surface area contributed by atoms with Crippen molar-refractivity contribution >= 4 is 11.3 Å². The van der Waals surface area contributed by atoms with Crippen LogP contribution < -0.4 is 10.4 Å². The fourth-order valence-electron chi connectivity index (χ4n) is 1.28. The first-order valence-electron chi connectivity index (χ1n) is 5.51. The molecule has 0 saturated heterocycles. The van der Waals surface area contributed by atoms with Crippen molar-refractivity contribution in [3.05, 3.63) is 27.7 Å². The van der Waals surface area contributed by atoms with Crippen molar-refractivity contribution in [2.75, 3.05) is 0 Å². The molecule has 0 aliphatic heterocycles. The molecule has 0 aliphatic rings. The zero-order chi connectivity index (χ0) is 14.1. The first-order chi connectivity index (χ1) is 9.65. The van der Waals surface area contributed by atoms with Crippen molar-refractivity contribution < 1.29 is 10.7 Å². The van der Waals surface area contributed by atoms with Crippen molar-refractivity contribution in [2.24, 2.45) is 7.05 Å². The summed E-state index contributed by atoms with van der Waals surface area (Å²) in [6.45, 7) is -0.0190. The van der Waals surface area contributed by atoms with Crippen LogP contribution in [0.15, 0.2) is 21.0 Å². The third-order valence-corrected chi connectivity index (χ3v) is 2.79. The van der Waals surface area contributed by atoms with E-state index in [9.17, 15) is 4.79 Å².